The second kappa shape index (κ2) is 6.88. The highest BCUT2D eigenvalue weighted by Gasteiger charge is 2.25. The summed E-state index contributed by atoms with van der Waals surface area (Å²) in [7, 11) is 0. The van der Waals surface area contributed by atoms with Gasteiger partial charge < -0.3 is 14.7 Å². The number of likely N-dealkylation sites (tertiary alicyclic amines) is 1. The molecule has 2 atom stereocenters. The molecular weight excluding hydrogens is 226 g/mol. The van der Waals surface area contributed by atoms with Crippen molar-refractivity contribution in [2.75, 3.05) is 26.2 Å². The molecule has 0 aromatic rings. The second-order valence-corrected chi connectivity index (χ2v) is 7.12. The first kappa shape index (κ1) is 15.9. The van der Waals surface area contributed by atoms with Crippen molar-refractivity contribution in [3.05, 3.63) is 0 Å². The predicted molar refractivity (Wildman–Crippen MR) is 75.7 cm³/mol. The van der Waals surface area contributed by atoms with Gasteiger partial charge in [0.2, 0.25) is 0 Å². The van der Waals surface area contributed by atoms with Crippen LogP contribution in [0, 0.1) is 11.8 Å². The van der Waals surface area contributed by atoms with Gasteiger partial charge in [0.15, 0.2) is 0 Å². The Labute approximate surface area is 113 Å². The van der Waals surface area contributed by atoms with Gasteiger partial charge in [0, 0.05) is 13.1 Å². The number of rotatable bonds is 6. The molecule has 0 aliphatic carbocycles. The van der Waals surface area contributed by atoms with E-state index < -0.39 is 0 Å². The van der Waals surface area contributed by atoms with Crippen LogP contribution < -0.4 is 0 Å². The quantitative estimate of drug-likeness (QED) is 0.793. The van der Waals surface area contributed by atoms with E-state index >= 15 is 0 Å². The molecule has 2 unspecified atom stereocenters. The molecule has 1 rings (SSSR count). The van der Waals surface area contributed by atoms with Crippen LogP contribution in [0.2, 0.25) is 0 Å². The molecule has 0 spiro atoms. The Hall–Kier alpha value is -0.120. The van der Waals surface area contributed by atoms with E-state index in [1.165, 1.54) is 12.8 Å². The van der Waals surface area contributed by atoms with Crippen LogP contribution in [0.1, 0.15) is 47.5 Å². The van der Waals surface area contributed by atoms with Gasteiger partial charge >= 0.3 is 0 Å². The summed E-state index contributed by atoms with van der Waals surface area (Å²) in [6, 6.07) is 0. The third kappa shape index (κ3) is 6.72. The van der Waals surface area contributed by atoms with E-state index in [9.17, 15) is 5.11 Å². The van der Waals surface area contributed by atoms with E-state index in [0.717, 1.165) is 31.5 Å². The van der Waals surface area contributed by atoms with Crippen molar-refractivity contribution in [2.24, 2.45) is 11.8 Å². The lowest BCUT2D eigenvalue weighted by molar-refractivity contribution is -0.0549. The molecule has 18 heavy (non-hydrogen) atoms. The monoisotopic (exact) mass is 257 g/mol. The minimum atomic E-state index is -0.359. The molecule has 0 bridgehead atoms. The van der Waals surface area contributed by atoms with Crippen LogP contribution in [-0.2, 0) is 4.74 Å². The zero-order valence-electron chi connectivity index (χ0n) is 12.8. The van der Waals surface area contributed by atoms with Crippen LogP contribution in [-0.4, -0.2) is 48.0 Å². The first-order chi connectivity index (χ1) is 8.26. The lowest BCUT2D eigenvalue weighted by Gasteiger charge is -2.25. The lowest BCUT2D eigenvalue weighted by Crippen LogP contribution is -2.35. The van der Waals surface area contributed by atoms with Crippen LogP contribution in [0.5, 0.6) is 0 Å². The molecule has 0 amide bonds. The highest BCUT2D eigenvalue weighted by atomic mass is 16.5. The van der Waals surface area contributed by atoms with Crippen molar-refractivity contribution in [3.8, 4) is 0 Å². The van der Waals surface area contributed by atoms with Crippen LogP contribution in [0.15, 0.2) is 0 Å². The summed E-state index contributed by atoms with van der Waals surface area (Å²) in [4.78, 5) is 2.38. The number of hydrogen-bond donors (Lipinski definition) is 1. The molecule has 1 heterocycles. The van der Waals surface area contributed by atoms with Crippen molar-refractivity contribution in [1.82, 2.24) is 4.90 Å². The van der Waals surface area contributed by atoms with E-state index in [0.29, 0.717) is 6.61 Å². The Balaban J connectivity index is 2.19. The van der Waals surface area contributed by atoms with Gasteiger partial charge in [-0.2, -0.15) is 0 Å². The number of hydrogen-bond acceptors (Lipinski definition) is 3. The summed E-state index contributed by atoms with van der Waals surface area (Å²) in [5.74, 6) is 1.60. The summed E-state index contributed by atoms with van der Waals surface area (Å²) in [5, 5.41) is 9.97. The van der Waals surface area contributed by atoms with Gasteiger partial charge in [-0.3, -0.25) is 0 Å². The minimum absolute atomic E-state index is 0.161. The van der Waals surface area contributed by atoms with Gasteiger partial charge in [0.25, 0.3) is 0 Å². The number of β-amino-alcohol motifs (C(OH)–C–C–N with tert-alkyl or cyclic N) is 1. The van der Waals surface area contributed by atoms with Crippen molar-refractivity contribution >= 4 is 0 Å². The maximum absolute atomic E-state index is 9.97. The molecule has 1 aliphatic heterocycles. The minimum Gasteiger partial charge on any atom is -0.389 e. The Bertz CT molecular complexity index is 235. The van der Waals surface area contributed by atoms with Crippen molar-refractivity contribution in [2.45, 2.75) is 59.2 Å². The Morgan fingerprint density at radius 1 is 1.33 bits per heavy atom. The van der Waals surface area contributed by atoms with E-state index in [1.54, 1.807) is 0 Å². The van der Waals surface area contributed by atoms with Gasteiger partial charge in [-0.25, -0.2) is 0 Å². The fourth-order valence-electron chi connectivity index (χ4n) is 2.63. The third-order valence-electron chi connectivity index (χ3n) is 3.35. The van der Waals surface area contributed by atoms with E-state index in [1.807, 2.05) is 20.8 Å². The zero-order chi connectivity index (χ0) is 13.8. The molecule has 3 heteroatoms. The standard InChI is InChI=1S/C15H31NO2/c1-12(2)8-13-6-7-16(9-13)10-14(17)11-18-15(3,4)5/h12-14,17H,6-11H2,1-5H3. The van der Waals surface area contributed by atoms with Gasteiger partial charge in [0.1, 0.15) is 0 Å². The number of ether oxygens (including phenoxy) is 1. The first-order valence-corrected chi connectivity index (χ1v) is 7.30. The molecule has 108 valence electrons. The van der Waals surface area contributed by atoms with Crippen LogP contribution in [0.3, 0.4) is 0 Å². The van der Waals surface area contributed by atoms with Gasteiger partial charge in [-0.15, -0.1) is 0 Å². The first-order valence-electron chi connectivity index (χ1n) is 7.30. The zero-order valence-corrected chi connectivity index (χ0v) is 12.8. The average molecular weight is 257 g/mol. The summed E-state index contributed by atoms with van der Waals surface area (Å²) in [6.45, 7) is 14.1. The maximum atomic E-state index is 9.97. The average Bonchev–Trinajstić information content (AvgIpc) is 2.60. The maximum Gasteiger partial charge on any atom is 0.0900 e. The SMILES string of the molecule is CC(C)CC1CCN(CC(O)COC(C)(C)C)C1. The van der Waals surface area contributed by atoms with Crippen molar-refractivity contribution in [1.29, 1.82) is 0 Å². The second-order valence-electron chi connectivity index (χ2n) is 7.12. The van der Waals surface area contributed by atoms with E-state index in [4.69, 9.17) is 4.74 Å². The van der Waals surface area contributed by atoms with Crippen molar-refractivity contribution in [3.63, 3.8) is 0 Å². The highest BCUT2D eigenvalue weighted by molar-refractivity contribution is 4.78. The normalized spacial score (nSPS) is 23.8. The largest absolute Gasteiger partial charge is 0.389 e. The van der Waals surface area contributed by atoms with Crippen LogP contribution in [0.25, 0.3) is 0 Å². The van der Waals surface area contributed by atoms with Crippen LogP contribution >= 0.6 is 0 Å². The molecular formula is C15H31NO2. The summed E-state index contributed by atoms with van der Waals surface area (Å²) >= 11 is 0. The number of aliphatic hydroxyl groups excluding tert-OH is 1. The van der Waals surface area contributed by atoms with Gasteiger partial charge in [0.05, 0.1) is 18.3 Å². The van der Waals surface area contributed by atoms with Gasteiger partial charge in [-0.05, 0) is 52.0 Å². The fourth-order valence-corrected chi connectivity index (χ4v) is 2.63. The molecule has 0 aromatic heterocycles. The predicted octanol–water partition coefficient (Wildman–Crippen LogP) is 2.53. The third-order valence-corrected chi connectivity index (χ3v) is 3.35. The van der Waals surface area contributed by atoms with E-state index in [-0.39, 0.29) is 11.7 Å². The van der Waals surface area contributed by atoms with Gasteiger partial charge in [-0.1, -0.05) is 13.8 Å². The Kier molecular flexibility index (Phi) is 6.09. The Morgan fingerprint density at radius 2 is 2.00 bits per heavy atom. The fraction of sp³-hybridized carbons (Fsp3) is 1.00. The Morgan fingerprint density at radius 3 is 2.56 bits per heavy atom. The summed E-state index contributed by atoms with van der Waals surface area (Å²) in [6.07, 6.45) is 2.23. The molecule has 1 fully saturated rings. The molecule has 1 saturated heterocycles. The van der Waals surface area contributed by atoms with E-state index in [2.05, 4.69) is 18.7 Å². The molecule has 0 aromatic carbocycles. The number of aliphatic hydroxyl groups is 1. The summed E-state index contributed by atoms with van der Waals surface area (Å²) < 4.78 is 5.62. The molecule has 1 aliphatic rings. The molecule has 0 radical (unpaired) electrons. The smallest absolute Gasteiger partial charge is 0.0900 e. The molecule has 1 N–H and O–H groups in total. The lowest BCUT2D eigenvalue weighted by atomic mass is 9.97. The topological polar surface area (TPSA) is 32.7 Å². The molecule has 3 nitrogen and oxygen atoms in total. The summed E-state index contributed by atoms with van der Waals surface area (Å²) in [5.41, 5.74) is -0.161. The van der Waals surface area contributed by atoms with Crippen molar-refractivity contribution < 1.29 is 9.84 Å². The van der Waals surface area contributed by atoms with Crippen LogP contribution in [0.4, 0.5) is 0 Å². The highest BCUT2D eigenvalue weighted by Crippen LogP contribution is 2.23. The molecule has 0 saturated carbocycles. The number of nitrogens with zero attached hydrogens (tertiary/aromatic N) is 1.